The smallest absolute Gasteiger partial charge is 0.159 e. The standard InChI is InChI=1S/C13H19F2NO2S/c1-9(7-16-10(2)8-19(3,17)18)11-4-5-12(14)13(15)6-11/h4-6,9-10,16H,7-8H2,1-3H3/t9-,10+/m0/s1. The third-order valence-corrected chi connectivity index (χ3v) is 3.94. The molecule has 1 N–H and O–H groups in total. The molecule has 0 saturated carbocycles. The predicted molar refractivity (Wildman–Crippen MR) is 71.9 cm³/mol. The number of sulfone groups is 1. The monoisotopic (exact) mass is 291 g/mol. The molecule has 19 heavy (non-hydrogen) atoms. The molecular formula is C13H19F2NO2S. The SMILES string of the molecule is C[C@H](CS(C)(=O)=O)NC[C@H](C)c1ccc(F)c(F)c1. The van der Waals surface area contributed by atoms with Crippen LogP contribution in [0.25, 0.3) is 0 Å². The summed E-state index contributed by atoms with van der Waals surface area (Å²) in [5, 5.41) is 3.08. The van der Waals surface area contributed by atoms with Gasteiger partial charge in [0, 0.05) is 18.8 Å². The summed E-state index contributed by atoms with van der Waals surface area (Å²) in [6.07, 6.45) is 1.18. The Balaban J connectivity index is 2.55. The van der Waals surface area contributed by atoms with Crippen LogP contribution in [0, 0.1) is 11.6 Å². The number of rotatable bonds is 6. The van der Waals surface area contributed by atoms with Gasteiger partial charge in [0.05, 0.1) is 5.75 Å². The first-order valence-corrected chi connectivity index (χ1v) is 8.11. The quantitative estimate of drug-likeness (QED) is 0.873. The van der Waals surface area contributed by atoms with Crippen molar-refractivity contribution in [2.75, 3.05) is 18.6 Å². The van der Waals surface area contributed by atoms with Crippen molar-refractivity contribution in [3.63, 3.8) is 0 Å². The molecule has 0 aliphatic carbocycles. The van der Waals surface area contributed by atoms with Gasteiger partial charge >= 0.3 is 0 Å². The van der Waals surface area contributed by atoms with E-state index in [0.717, 1.165) is 6.07 Å². The van der Waals surface area contributed by atoms with Gasteiger partial charge in [-0.1, -0.05) is 13.0 Å². The lowest BCUT2D eigenvalue weighted by Gasteiger charge is -2.17. The Bertz CT molecular complexity index is 531. The van der Waals surface area contributed by atoms with E-state index >= 15 is 0 Å². The normalized spacial score (nSPS) is 15.2. The van der Waals surface area contributed by atoms with Crippen molar-refractivity contribution in [1.82, 2.24) is 5.32 Å². The summed E-state index contributed by atoms with van der Waals surface area (Å²) < 4.78 is 48.1. The van der Waals surface area contributed by atoms with E-state index in [-0.39, 0.29) is 17.7 Å². The molecule has 1 aromatic rings. The molecule has 0 aliphatic rings. The summed E-state index contributed by atoms with van der Waals surface area (Å²) in [6.45, 7) is 4.15. The first kappa shape index (κ1) is 16.0. The van der Waals surface area contributed by atoms with E-state index in [1.807, 2.05) is 6.92 Å². The molecule has 0 aliphatic heterocycles. The van der Waals surface area contributed by atoms with Crippen LogP contribution in [0.4, 0.5) is 8.78 Å². The van der Waals surface area contributed by atoms with Crippen molar-refractivity contribution in [3.8, 4) is 0 Å². The second-order valence-corrected chi connectivity index (χ2v) is 7.16. The van der Waals surface area contributed by atoms with E-state index in [0.29, 0.717) is 12.1 Å². The lowest BCUT2D eigenvalue weighted by atomic mass is 10.0. The summed E-state index contributed by atoms with van der Waals surface area (Å²) >= 11 is 0. The molecule has 0 unspecified atom stereocenters. The minimum absolute atomic E-state index is 0.0305. The highest BCUT2D eigenvalue weighted by atomic mass is 32.2. The molecule has 0 saturated heterocycles. The molecule has 3 nitrogen and oxygen atoms in total. The average Bonchev–Trinajstić information content (AvgIpc) is 2.27. The number of halogens is 2. The van der Waals surface area contributed by atoms with Gasteiger partial charge in [-0.05, 0) is 30.5 Å². The first-order valence-electron chi connectivity index (χ1n) is 6.05. The number of hydrogen-bond acceptors (Lipinski definition) is 3. The molecule has 0 radical (unpaired) electrons. The lowest BCUT2D eigenvalue weighted by molar-refractivity contribution is 0.501. The largest absolute Gasteiger partial charge is 0.313 e. The van der Waals surface area contributed by atoms with Gasteiger partial charge < -0.3 is 5.32 Å². The molecule has 0 aromatic heterocycles. The minimum atomic E-state index is -3.02. The number of nitrogens with one attached hydrogen (secondary N) is 1. The Morgan fingerprint density at radius 1 is 1.21 bits per heavy atom. The summed E-state index contributed by atoms with van der Waals surface area (Å²) in [5.41, 5.74) is 0.679. The Kier molecular flexibility index (Phi) is 5.43. The fourth-order valence-corrected chi connectivity index (χ4v) is 2.85. The molecule has 0 bridgehead atoms. The highest BCUT2D eigenvalue weighted by Crippen LogP contribution is 2.17. The summed E-state index contributed by atoms with van der Waals surface area (Å²) in [5.74, 6) is -1.71. The zero-order valence-electron chi connectivity index (χ0n) is 11.3. The van der Waals surface area contributed by atoms with E-state index in [1.165, 1.54) is 18.4 Å². The van der Waals surface area contributed by atoms with Crippen LogP contribution in [0.5, 0.6) is 0 Å². The fraction of sp³-hybridized carbons (Fsp3) is 0.538. The molecule has 0 heterocycles. The van der Waals surface area contributed by atoms with Crippen LogP contribution in [-0.2, 0) is 9.84 Å². The summed E-state index contributed by atoms with van der Waals surface area (Å²) in [4.78, 5) is 0. The Labute approximate surface area is 112 Å². The van der Waals surface area contributed by atoms with Crippen molar-refractivity contribution in [2.24, 2.45) is 0 Å². The van der Waals surface area contributed by atoms with Gasteiger partial charge in [-0.3, -0.25) is 0 Å². The Morgan fingerprint density at radius 2 is 1.84 bits per heavy atom. The molecule has 108 valence electrons. The van der Waals surface area contributed by atoms with E-state index < -0.39 is 21.5 Å². The zero-order valence-corrected chi connectivity index (χ0v) is 12.1. The van der Waals surface area contributed by atoms with Gasteiger partial charge in [0.1, 0.15) is 9.84 Å². The summed E-state index contributed by atoms with van der Waals surface area (Å²) in [6, 6.07) is 3.62. The van der Waals surface area contributed by atoms with Crippen LogP contribution in [-0.4, -0.2) is 33.0 Å². The molecule has 0 amide bonds. The maximum absolute atomic E-state index is 13.1. The van der Waals surface area contributed by atoms with Crippen molar-refractivity contribution in [1.29, 1.82) is 0 Å². The molecule has 1 rings (SSSR count). The van der Waals surface area contributed by atoms with Gasteiger partial charge in [-0.25, -0.2) is 17.2 Å². The first-order chi connectivity index (χ1) is 8.69. The Hall–Kier alpha value is -1.01. The second-order valence-electron chi connectivity index (χ2n) is 4.98. The van der Waals surface area contributed by atoms with Crippen molar-refractivity contribution >= 4 is 9.84 Å². The highest BCUT2D eigenvalue weighted by Gasteiger charge is 2.13. The third-order valence-electron chi connectivity index (χ3n) is 2.84. The highest BCUT2D eigenvalue weighted by molar-refractivity contribution is 7.90. The zero-order chi connectivity index (χ0) is 14.6. The molecular weight excluding hydrogens is 272 g/mol. The van der Waals surface area contributed by atoms with Crippen LogP contribution in [0.3, 0.4) is 0 Å². The topological polar surface area (TPSA) is 46.2 Å². The molecule has 6 heteroatoms. The second kappa shape index (κ2) is 6.43. The van der Waals surface area contributed by atoms with Gasteiger partial charge in [0.2, 0.25) is 0 Å². The van der Waals surface area contributed by atoms with E-state index in [2.05, 4.69) is 5.32 Å². The molecule has 2 atom stereocenters. The van der Waals surface area contributed by atoms with Crippen molar-refractivity contribution in [3.05, 3.63) is 35.4 Å². The fourth-order valence-electron chi connectivity index (χ4n) is 1.83. The molecule has 0 fully saturated rings. The number of benzene rings is 1. The van der Waals surface area contributed by atoms with Crippen LogP contribution in [0.1, 0.15) is 25.3 Å². The minimum Gasteiger partial charge on any atom is -0.313 e. The maximum Gasteiger partial charge on any atom is 0.159 e. The third kappa shape index (κ3) is 5.65. The van der Waals surface area contributed by atoms with E-state index in [4.69, 9.17) is 0 Å². The van der Waals surface area contributed by atoms with Gasteiger partial charge in [-0.2, -0.15) is 0 Å². The van der Waals surface area contributed by atoms with Crippen LogP contribution < -0.4 is 5.32 Å². The predicted octanol–water partition coefficient (Wildman–Crippen LogP) is 2.09. The van der Waals surface area contributed by atoms with Crippen LogP contribution in [0.2, 0.25) is 0 Å². The summed E-state index contributed by atoms with van der Waals surface area (Å²) in [7, 11) is -3.02. The van der Waals surface area contributed by atoms with Crippen LogP contribution in [0.15, 0.2) is 18.2 Å². The van der Waals surface area contributed by atoms with Crippen LogP contribution >= 0.6 is 0 Å². The lowest BCUT2D eigenvalue weighted by Crippen LogP contribution is -2.35. The van der Waals surface area contributed by atoms with Gasteiger partial charge in [0.25, 0.3) is 0 Å². The Morgan fingerprint density at radius 3 is 2.37 bits per heavy atom. The van der Waals surface area contributed by atoms with Gasteiger partial charge in [-0.15, -0.1) is 0 Å². The number of hydrogen-bond donors (Lipinski definition) is 1. The molecule has 0 spiro atoms. The van der Waals surface area contributed by atoms with Crippen molar-refractivity contribution < 1.29 is 17.2 Å². The van der Waals surface area contributed by atoms with E-state index in [9.17, 15) is 17.2 Å². The van der Waals surface area contributed by atoms with Crippen molar-refractivity contribution in [2.45, 2.75) is 25.8 Å². The maximum atomic E-state index is 13.1. The average molecular weight is 291 g/mol. The molecule has 1 aromatic carbocycles. The van der Waals surface area contributed by atoms with E-state index in [1.54, 1.807) is 6.92 Å². The van der Waals surface area contributed by atoms with Gasteiger partial charge in [0.15, 0.2) is 11.6 Å².